The van der Waals surface area contributed by atoms with Gasteiger partial charge in [-0.1, -0.05) is 50.6 Å². The van der Waals surface area contributed by atoms with Gasteiger partial charge in [-0.3, -0.25) is 0 Å². The predicted octanol–water partition coefficient (Wildman–Crippen LogP) is 6.28. The van der Waals surface area contributed by atoms with Gasteiger partial charge in [-0.05, 0) is 66.7 Å². The number of carbonyl (C=O) groups is 1. The molecule has 6 heteroatoms. The number of aliphatic hydroxyl groups is 1. The molecule has 1 aliphatic rings. The molecule has 0 aromatic heterocycles. The zero-order valence-electron chi connectivity index (χ0n) is 18.6. The van der Waals surface area contributed by atoms with E-state index in [1.165, 1.54) is 7.11 Å². The lowest BCUT2D eigenvalue weighted by atomic mass is 9.65. The van der Waals surface area contributed by atoms with Crippen LogP contribution in [0.15, 0.2) is 42.5 Å². The van der Waals surface area contributed by atoms with Crippen molar-refractivity contribution in [3.8, 4) is 5.75 Å². The summed E-state index contributed by atoms with van der Waals surface area (Å²) in [4.78, 5) is 11.6. The summed E-state index contributed by atoms with van der Waals surface area (Å²) in [5, 5.41) is 11.8. The van der Waals surface area contributed by atoms with E-state index in [1.807, 2.05) is 30.3 Å². The lowest BCUT2D eigenvalue weighted by Gasteiger charge is -2.45. The van der Waals surface area contributed by atoms with Crippen LogP contribution in [0.25, 0.3) is 0 Å². The lowest BCUT2D eigenvalue weighted by Crippen LogP contribution is -2.44. The minimum atomic E-state index is -1.95. The molecule has 0 saturated heterocycles. The number of carbonyl (C=O) groups excluding carboxylic acids is 1. The molecule has 0 aliphatic heterocycles. The molecular weight excluding hydrogens is 416 g/mol. The van der Waals surface area contributed by atoms with E-state index in [9.17, 15) is 9.90 Å². The fourth-order valence-electron chi connectivity index (χ4n) is 3.60. The van der Waals surface area contributed by atoms with Gasteiger partial charge < -0.3 is 14.3 Å². The monoisotopic (exact) mass is 446 g/mol. The van der Waals surface area contributed by atoms with Crippen LogP contribution >= 0.6 is 11.6 Å². The molecule has 0 atom stereocenters. The quantitative estimate of drug-likeness (QED) is 0.434. The molecule has 3 rings (SSSR count). The molecule has 4 nitrogen and oxygen atoms in total. The largest absolute Gasteiger partial charge is 0.543 e. The van der Waals surface area contributed by atoms with Crippen molar-refractivity contribution in [1.82, 2.24) is 0 Å². The molecule has 0 radical (unpaired) electrons. The van der Waals surface area contributed by atoms with Gasteiger partial charge in [0.05, 0.1) is 23.3 Å². The second-order valence-corrected chi connectivity index (χ2v) is 14.9. The van der Waals surface area contributed by atoms with Crippen LogP contribution in [-0.4, -0.2) is 26.5 Å². The van der Waals surface area contributed by atoms with E-state index in [2.05, 4.69) is 33.9 Å². The molecule has 0 spiro atoms. The van der Waals surface area contributed by atoms with Gasteiger partial charge in [-0.15, -0.1) is 0 Å². The van der Waals surface area contributed by atoms with Crippen molar-refractivity contribution < 1.29 is 19.1 Å². The molecule has 0 heterocycles. The minimum Gasteiger partial charge on any atom is -0.543 e. The topological polar surface area (TPSA) is 55.8 Å². The molecule has 30 heavy (non-hydrogen) atoms. The third-order valence-electron chi connectivity index (χ3n) is 6.59. The summed E-state index contributed by atoms with van der Waals surface area (Å²) in [6.07, 6.45) is 1.18. The Morgan fingerprint density at radius 2 is 1.73 bits per heavy atom. The van der Waals surface area contributed by atoms with Crippen LogP contribution in [0.3, 0.4) is 0 Å². The molecular formula is C24H31ClO4Si. The van der Waals surface area contributed by atoms with E-state index in [4.69, 9.17) is 20.8 Å². The van der Waals surface area contributed by atoms with Crippen molar-refractivity contribution in [2.24, 2.45) is 0 Å². The number of esters is 1. The highest BCUT2D eigenvalue weighted by Crippen LogP contribution is 2.52. The fraction of sp³-hybridized carbons (Fsp3) is 0.458. The SMILES string of the molecule is COC(=O)c1ccc(C2CC(O)(c3ccc(O[Si](C)(C)C(C)(C)C)cc3Cl)C2)cc1. The Labute approximate surface area is 185 Å². The molecule has 2 aromatic carbocycles. The van der Waals surface area contributed by atoms with Crippen LogP contribution in [-0.2, 0) is 10.3 Å². The number of ether oxygens (including phenoxy) is 1. The molecule has 0 bridgehead atoms. The van der Waals surface area contributed by atoms with Gasteiger partial charge in [-0.25, -0.2) is 4.79 Å². The Bertz CT molecular complexity index is 925. The van der Waals surface area contributed by atoms with Crippen LogP contribution in [0.5, 0.6) is 5.75 Å². The van der Waals surface area contributed by atoms with Gasteiger partial charge >= 0.3 is 5.97 Å². The number of halogens is 1. The van der Waals surface area contributed by atoms with E-state index in [0.717, 1.165) is 16.9 Å². The van der Waals surface area contributed by atoms with Gasteiger partial charge in [0.2, 0.25) is 8.32 Å². The normalized spacial score (nSPS) is 21.7. The Balaban J connectivity index is 1.71. The predicted molar refractivity (Wildman–Crippen MR) is 123 cm³/mol. The molecule has 1 fully saturated rings. The number of benzene rings is 2. The molecule has 0 unspecified atom stereocenters. The maximum Gasteiger partial charge on any atom is 0.337 e. The van der Waals surface area contributed by atoms with Crippen molar-refractivity contribution >= 4 is 25.9 Å². The Morgan fingerprint density at radius 1 is 1.13 bits per heavy atom. The van der Waals surface area contributed by atoms with Crippen molar-refractivity contribution in [2.75, 3.05) is 7.11 Å². The van der Waals surface area contributed by atoms with Crippen molar-refractivity contribution in [3.05, 3.63) is 64.2 Å². The first-order valence-corrected chi connectivity index (χ1v) is 13.5. The third kappa shape index (κ3) is 4.43. The number of rotatable bonds is 5. The van der Waals surface area contributed by atoms with E-state index >= 15 is 0 Å². The highest BCUT2D eigenvalue weighted by molar-refractivity contribution is 6.74. The van der Waals surface area contributed by atoms with E-state index < -0.39 is 13.9 Å². The third-order valence-corrected chi connectivity index (χ3v) is 11.3. The number of methoxy groups -OCH3 is 1. The van der Waals surface area contributed by atoms with E-state index in [0.29, 0.717) is 23.4 Å². The highest BCUT2D eigenvalue weighted by atomic mass is 35.5. The van der Waals surface area contributed by atoms with Gasteiger partial charge in [0.25, 0.3) is 0 Å². The molecule has 2 aromatic rings. The van der Waals surface area contributed by atoms with E-state index in [1.54, 1.807) is 12.1 Å². The van der Waals surface area contributed by atoms with Crippen molar-refractivity contribution in [1.29, 1.82) is 0 Å². The van der Waals surface area contributed by atoms with Gasteiger partial charge in [0.1, 0.15) is 5.75 Å². The van der Waals surface area contributed by atoms with Crippen LogP contribution in [0.2, 0.25) is 23.2 Å². The molecule has 1 N–H and O–H groups in total. The highest BCUT2D eigenvalue weighted by Gasteiger charge is 2.46. The molecule has 0 amide bonds. The lowest BCUT2D eigenvalue weighted by molar-refractivity contribution is -0.0549. The zero-order chi connectivity index (χ0) is 22.3. The first kappa shape index (κ1) is 22.9. The maximum absolute atomic E-state index is 11.6. The van der Waals surface area contributed by atoms with E-state index in [-0.39, 0.29) is 16.9 Å². The first-order chi connectivity index (χ1) is 13.9. The number of hydrogen-bond donors (Lipinski definition) is 1. The standard InChI is InChI=1S/C24H31ClO4Si/c1-23(2,3)30(5,6)29-19-11-12-20(21(25)13-19)24(27)14-18(15-24)16-7-9-17(10-8-16)22(26)28-4/h7-13,18,27H,14-15H2,1-6H3. The van der Waals surface area contributed by atoms with Gasteiger partial charge in [0.15, 0.2) is 0 Å². The summed E-state index contributed by atoms with van der Waals surface area (Å²) in [6.45, 7) is 11.0. The fourth-order valence-corrected chi connectivity index (χ4v) is 4.97. The van der Waals surface area contributed by atoms with Crippen molar-refractivity contribution in [3.63, 3.8) is 0 Å². The average molecular weight is 447 g/mol. The second kappa shape index (κ2) is 8.02. The maximum atomic E-state index is 11.6. The van der Waals surface area contributed by atoms with Crippen LogP contribution < -0.4 is 4.43 Å². The summed E-state index contributed by atoms with van der Waals surface area (Å²) in [7, 11) is -0.581. The van der Waals surface area contributed by atoms with Gasteiger partial charge in [-0.2, -0.15) is 0 Å². The zero-order valence-corrected chi connectivity index (χ0v) is 20.3. The average Bonchev–Trinajstić information content (AvgIpc) is 2.64. The van der Waals surface area contributed by atoms with Crippen molar-refractivity contribution in [2.45, 2.75) is 63.3 Å². The summed E-state index contributed by atoms with van der Waals surface area (Å²) < 4.78 is 11.1. The van der Waals surface area contributed by atoms with Gasteiger partial charge in [0, 0.05) is 5.56 Å². The molecule has 1 saturated carbocycles. The molecule has 162 valence electrons. The smallest absolute Gasteiger partial charge is 0.337 e. The summed E-state index contributed by atoms with van der Waals surface area (Å²) in [5.74, 6) is 0.632. The molecule has 1 aliphatic carbocycles. The van der Waals surface area contributed by atoms with Crippen LogP contribution in [0.4, 0.5) is 0 Å². The first-order valence-electron chi connectivity index (χ1n) is 10.3. The minimum absolute atomic E-state index is 0.0982. The van der Waals surface area contributed by atoms with Crippen LogP contribution in [0.1, 0.15) is 61.0 Å². The summed E-state index contributed by atoms with van der Waals surface area (Å²) in [6, 6.07) is 13.0. The summed E-state index contributed by atoms with van der Waals surface area (Å²) >= 11 is 6.56. The Hall–Kier alpha value is -1.82. The summed E-state index contributed by atoms with van der Waals surface area (Å²) in [5.41, 5.74) is 1.42. The second-order valence-electron chi connectivity index (χ2n) is 9.75. The Kier molecular flexibility index (Phi) is 6.11. The Morgan fingerprint density at radius 3 is 2.23 bits per heavy atom. The number of hydrogen-bond acceptors (Lipinski definition) is 4. The van der Waals surface area contributed by atoms with Crippen LogP contribution in [0, 0.1) is 0 Å².